The smallest absolute Gasteiger partial charge is 0.210 e. The molecule has 1 saturated heterocycles. The Morgan fingerprint density at radius 3 is 2.79 bits per heavy atom. The van der Waals surface area contributed by atoms with Crippen molar-refractivity contribution in [2.24, 2.45) is 0 Å². The minimum Gasteiger partial charge on any atom is -0.376 e. The van der Waals surface area contributed by atoms with E-state index in [1.165, 1.54) is 6.07 Å². The normalized spacial score (nSPS) is 27.7. The molecule has 1 saturated carbocycles. The molecule has 1 aromatic heterocycles. The number of rotatable bonds is 6. The molecular formula is C23H30FN3O2. The lowest BCUT2D eigenvalue weighted by atomic mass is 9.82. The number of amides is 1. The molecule has 2 heterocycles. The number of piperidine rings is 1. The highest BCUT2D eigenvalue weighted by Crippen LogP contribution is 2.36. The summed E-state index contributed by atoms with van der Waals surface area (Å²) in [5.41, 5.74) is 3.29. The second-order valence-corrected chi connectivity index (χ2v) is 8.47. The fourth-order valence-electron chi connectivity index (χ4n) is 5.04. The lowest BCUT2D eigenvalue weighted by molar-refractivity contribution is -0.125. The van der Waals surface area contributed by atoms with E-state index in [1.54, 1.807) is 12.1 Å². The summed E-state index contributed by atoms with van der Waals surface area (Å²) in [6.45, 7) is 3.39. The van der Waals surface area contributed by atoms with Crippen molar-refractivity contribution in [3.63, 3.8) is 0 Å². The molecule has 1 aromatic carbocycles. The number of halogens is 1. The van der Waals surface area contributed by atoms with Crippen LogP contribution in [0.15, 0.2) is 30.5 Å². The second-order valence-electron chi connectivity index (χ2n) is 8.47. The third kappa shape index (κ3) is 4.53. The maximum absolute atomic E-state index is 13.5. The Balaban J connectivity index is 1.36. The van der Waals surface area contributed by atoms with Crippen molar-refractivity contribution < 1.29 is 13.9 Å². The number of aromatic amines is 1. The van der Waals surface area contributed by atoms with Crippen LogP contribution < -0.4 is 0 Å². The average molecular weight is 400 g/mol. The van der Waals surface area contributed by atoms with Gasteiger partial charge in [0.1, 0.15) is 5.82 Å². The first-order chi connectivity index (χ1) is 14.2. The van der Waals surface area contributed by atoms with Crippen LogP contribution in [0.3, 0.4) is 0 Å². The standard InChI is InChI=1S/C23H30FN3O2/c1-16-13-25-26-23(16)21-6-3-11-27(15-28)22(21)14-29-20-9-7-17(8-10-20)18-4-2-5-19(24)12-18/h2,4-5,12-13,15,17,20-22H,3,6-11,14H2,1H3,(H,25,26)/t17-,20+,21-,22-/m0/s1. The quantitative estimate of drug-likeness (QED) is 0.737. The molecular weight excluding hydrogens is 369 g/mol. The van der Waals surface area contributed by atoms with Crippen LogP contribution in [0.25, 0.3) is 0 Å². The zero-order valence-corrected chi connectivity index (χ0v) is 17.0. The number of likely N-dealkylation sites (tertiary alicyclic amines) is 1. The molecule has 0 radical (unpaired) electrons. The van der Waals surface area contributed by atoms with Crippen molar-refractivity contribution in [3.05, 3.63) is 53.1 Å². The summed E-state index contributed by atoms with van der Waals surface area (Å²) in [7, 11) is 0. The van der Waals surface area contributed by atoms with E-state index in [1.807, 2.05) is 17.2 Å². The van der Waals surface area contributed by atoms with Crippen molar-refractivity contribution in [2.45, 2.75) is 69.4 Å². The van der Waals surface area contributed by atoms with Gasteiger partial charge in [0.25, 0.3) is 0 Å². The van der Waals surface area contributed by atoms with Gasteiger partial charge in [-0.25, -0.2) is 4.39 Å². The zero-order chi connectivity index (χ0) is 20.2. The van der Waals surface area contributed by atoms with E-state index in [0.717, 1.165) is 68.3 Å². The number of hydrogen-bond donors (Lipinski definition) is 1. The van der Waals surface area contributed by atoms with Crippen LogP contribution >= 0.6 is 0 Å². The Labute approximate surface area is 171 Å². The van der Waals surface area contributed by atoms with Gasteiger partial charge in [0.05, 0.1) is 24.4 Å². The van der Waals surface area contributed by atoms with Gasteiger partial charge in [0.2, 0.25) is 6.41 Å². The fourth-order valence-corrected chi connectivity index (χ4v) is 5.04. The first-order valence-corrected chi connectivity index (χ1v) is 10.7. The molecule has 1 aliphatic heterocycles. The van der Waals surface area contributed by atoms with Crippen LogP contribution in [0.1, 0.15) is 67.2 Å². The second kappa shape index (κ2) is 9.08. The molecule has 2 fully saturated rings. The number of benzene rings is 1. The molecule has 4 rings (SSSR count). The monoisotopic (exact) mass is 399 g/mol. The Morgan fingerprint density at radius 1 is 1.28 bits per heavy atom. The SMILES string of the molecule is Cc1c[nH]nc1[C@H]1CCCN(C=O)[C@H]1CO[C@H]1CC[C@@H](c2cccc(F)c2)CC1. The molecule has 2 aromatic rings. The third-order valence-corrected chi connectivity index (χ3v) is 6.68. The van der Waals surface area contributed by atoms with E-state index in [4.69, 9.17) is 4.74 Å². The van der Waals surface area contributed by atoms with E-state index in [9.17, 15) is 9.18 Å². The highest BCUT2D eigenvalue weighted by Gasteiger charge is 2.35. The van der Waals surface area contributed by atoms with Gasteiger partial charge >= 0.3 is 0 Å². The van der Waals surface area contributed by atoms with Crippen LogP contribution in [-0.2, 0) is 9.53 Å². The molecule has 29 heavy (non-hydrogen) atoms. The number of aryl methyl sites for hydroxylation is 1. The lowest BCUT2D eigenvalue weighted by Gasteiger charge is -2.40. The van der Waals surface area contributed by atoms with Gasteiger partial charge in [-0.15, -0.1) is 0 Å². The van der Waals surface area contributed by atoms with Crippen molar-refractivity contribution in [2.75, 3.05) is 13.2 Å². The Kier molecular flexibility index (Phi) is 6.28. The summed E-state index contributed by atoms with van der Waals surface area (Å²) in [5, 5.41) is 7.40. The maximum atomic E-state index is 13.5. The Morgan fingerprint density at radius 2 is 2.10 bits per heavy atom. The predicted octanol–water partition coefficient (Wildman–Crippen LogP) is 4.30. The number of nitrogens with zero attached hydrogens (tertiary/aromatic N) is 2. The van der Waals surface area contributed by atoms with Gasteiger partial charge < -0.3 is 9.64 Å². The summed E-state index contributed by atoms with van der Waals surface area (Å²) in [6.07, 6.45) is 9.07. The van der Waals surface area contributed by atoms with Gasteiger partial charge in [-0.05, 0) is 74.6 Å². The average Bonchev–Trinajstić information content (AvgIpc) is 3.18. The van der Waals surface area contributed by atoms with Crippen molar-refractivity contribution in [3.8, 4) is 0 Å². The summed E-state index contributed by atoms with van der Waals surface area (Å²) in [6, 6.07) is 7.01. The minimum atomic E-state index is -0.160. The molecule has 1 N–H and O–H groups in total. The van der Waals surface area contributed by atoms with Crippen molar-refractivity contribution >= 4 is 6.41 Å². The molecule has 5 nitrogen and oxygen atoms in total. The molecule has 2 aliphatic rings. The number of carbonyl (C=O) groups is 1. The molecule has 0 bridgehead atoms. The summed E-state index contributed by atoms with van der Waals surface area (Å²) >= 11 is 0. The molecule has 6 heteroatoms. The topological polar surface area (TPSA) is 58.2 Å². The fraction of sp³-hybridized carbons (Fsp3) is 0.565. The van der Waals surface area contributed by atoms with E-state index in [0.29, 0.717) is 12.5 Å². The third-order valence-electron chi connectivity index (χ3n) is 6.68. The largest absolute Gasteiger partial charge is 0.376 e. The van der Waals surface area contributed by atoms with Gasteiger partial charge in [-0.2, -0.15) is 5.10 Å². The maximum Gasteiger partial charge on any atom is 0.210 e. The highest BCUT2D eigenvalue weighted by atomic mass is 19.1. The summed E-state index contributed by atoms with van der Waals surface area (Å²) in [5.74, 6) is 0.460. The molecule has 2 atom stereocenters. The molecule has 1 amide bonds. The lowest BCUT2D eigenvalue weighted by Crippen LogP contribution is -2.47. The van der Waals surface area contributed by atoms with Crippen LogP contribution in [0, 0.1) is 12.7 Å². The zero-order valence-electron chi connectivity index (χ0n) is 17.0. The molecule has 156 valence electrons. The van der Waals surface area contributed by atoms with E-state index >= 15 is 0 Å². The molecule has 1 aliphatic carbocycles. The number of aromatic nitrogens is 2. The Hall–Kier alpha value is -2.21. The van der Waals surface area contributed by atoms with Crippen LogP contribution in [0.4, 0.5) is 4.39 Å². The van der Waals surface area contributed by atoms with Crippen LogP contribution in [0.5, 0.6) is 0 Å². The van der Waals surface area contributed by atoms with E-state index < -0.39 is 0 Å². The number of H-pyrrole nitrogens is 1. The summed E-state index contributed by atoms with van der Waals surface area (Å²) < 4.78 is 19.8. The molecule has 0 unspecified atom stereocenters. The van der Waals surface area contributed by atoms with E-state index in [2.05, 4.69) is 17.1 Å². The number of carbonyl (C=O) groups excluding carboxylic acids is 1. The van der Waals surface area contributed by atoms with Gasteiger partial charge in [0, 0.05) is 18.7 Å². The van der Waals surface area contributed by atoms with Crippen molar-refractivity contribution in [1.29, 1.82) is 0 Å². The summed E-state index contributed by atoms with van der Waals surface area (Å²) in [4.78, 5) is 13.5. The predicted molar refractivity (Wildman–Crippen MR) is 109 cm³/mol. The van der Waals surface area contributed by atoms with Crippen LogP contribution in [-0.4, -0.2) is 46.8 Å². The van der Waals surface area contributed by atoms with Gasteiger partial charge in [-0.3, -0.25) is 9.89 Å². The van der Waals surface area contributed by atoms with Gasteiger partial charge in [-0.1, -0.05) is 12.1 Å². The van der Waals surface area contributed by atoms with Gasteiger partial charge in [0.15, 0.2) is 0 Å². The number of hydrogen-bond acceptors (Lipinski definition) is 3. The first kappa shape index (κ1) is 20.1. The minimum absolute atomic E-state index is 0.0317. The van der Waals surface area contributed by atoms with Crippen molar-refractivity contribution in [1.82, 2.24) is 15.1 Å². The highest BCUT2D eigenvalue weighted by molar-refractivity contribution is 5.49. The number of ether oxygens (including phenoxy) is 1. The molecule has 0 spiro atoms. The first-order valence-electron chi connectivity index (χ1n) is 10.7. The van der Waals surface area contributed by atoms with Crippen LogP contribution in [0.2, 0.25) is 0 Å². The number of nitrogens with one attached hydrogen (secondary N) is 1. The van der Waals surface area contributed by atoms with E-state index in [-0.39, 0.29) is 23.9 Å². The Bertz CT molecular complexity index is 816.